The van der Waals surface area contributed by atoms with Crippen molar-refractivity contribution in [3.05, 3.63) is 29.3 Å². The van der Waals surface area contributed by atoms with E-state index in [-0.39, 0.29) is 0 Å². The minimum Gasteiger partial charge on any atom is -0.507 e. The number of thioether (sulfide) groups is 1. The van der Waals surface area contributed by atoms with E-state index in [2.05, 4.69) is 18.7 Å². The average molecular weight is 224 g/mol. The van der Waals surface area contributed by atoms with Crippen molar-refractivity contribution in [2.75, 3.05) is 5.75 Å². The summed E-state index contributed by atoms with van der Waals surface area (Å²) >= 11 is 2.10. The standard InChI is InChI=1S/C8H10O.C5H10S/c1-6-4-3-5-7(2)8(6)9;1-5-3-2-4-6-5/h3-5,9H,1-2H3;5H,2-4H2,1H3. The summed E-state index contributed by atoms with van der Waals surface area (Å²) in [6, 6.07) is 5.72. The minimum absolute atomic E-state index is 0.414. The zero-order chi connectivity index (χ0) is 11.3. The van der Waals surface area contributed by atoms with Gasteiger partial charge in [0, 0.05) is 5.25 Å². The van der Waals surface area contributed by atoms with E-state index in [1.165, 1.54) is 18.6 Å². The monoisotopic (exact) mass is 224 g/mol. The molecule has 1 unspecified atom stereocenters. The van der Waals surface area contributed by atoms with Crippen LogP contribution in [0.5, 0.6) is 5.75 Å². The lowest BCUT2D eigenvalue weighted by molar-refractivity contribution is 0.467. The zero-order valence-corrected chi connectivity index (χ0v) is 10.6. The van der Waals surface area contributed by atoms with Crippen LogP contribution in [-0.2, 0) is 0 Å². The van der Waals surface area contributed by atoms with Gasteiger partial charge in [0.1, 0.15) is 5.75 Å². The first kappa shape index (κ1) is 12.4. The van der Waals surface area contributed by atoms with Gasteiger partial charge in [0.15, 0.2) is 0 Å². The minimum atomic E-state index is 0.414. The van der Waals surface area contributed by atoms with Gasteiger partial charge >= 0.3 is 0 Å². The van der Waals surface area contributed by atoms with Crippen LogP contribution in [0, 0.1) is 13.8 Å². The van der Waals surface area contributed by atoms with Gasteiger partial charge in [-0.2, -0.15) is 11.8 Å². The molecule has 0 aromatic heterocycles. The molecule has 84 valence electrons. The Bertz CT molecular complexity index is 283. The van der Waals surface area contributed by atoms with Gasteiger partial charge in [-0.15, -0.1) is 0 Å². The number of hydrogen-bond acceptors (Lipinski definition) is 2. The van der Waals surface area contributed by atoms with Crippen molar-refractivity contribution in [1.29, 1.82) is 0 Å². The number of phenols is 1. The number of aryl methyl sites for hydroxylation is 2. The number of phenolic OH excluding ortho intramolecular Hbond substituents is 1. The van der Waals surface area contributed by atoms with Crippen molar-refractivity contribution in [1.82, 2.24) is 0 Å². The van der Waals surface area contributed by atoms with Crippen molar-refractivity contribution in [2.45, 2.75) is 38.9 Å². The van der Waals surface area contributed by atoms with Crippen LogP contribution in [0.4, 0.5) is 0 Å². The third-order valence-corrected chi connectivity index (χ3v) is 3.93. The molecule has 2 heteroatoms. The Morgan fingerprint density at radius 1 is 1.27 bits per heavy atom. The molecule has 1 aromatic carbocycles. The van der Waals surface area contributed by atoms with Gasteiger partial charge in [0.2, 0.25) is 0 Å². The van der Waals surface area contributed by atoms with E-state index in [9.17, 15) is 5.11 Å². The number of hydrogen-bond donors (Lipinski definition) is 1. The molecule has 1 aromatic rings. The quantitative estimate of drug-likeness (QED) is 0.721. The molecule has 15 heavy (non-hydrogen) atoms. The first-order valence-corrected chi connectivity index (χ1v) is 6.53. The van der Waals surface area contributed by atoms with Crippen LogP contribution in [0.1, 0.15) is 30.9 Å². The maximum atomic E-state index is 9.21. The predicted octanol–water partition coefficient (Wildman–Crippen LogP) is 3.91. The van der Waals surface area contributed by atoms with Gasteiger partial charge in [0.25, 0.3) is 0 Å². The van der Waals surface area contributed by atoms with Crippen LogP contribution < -0.4 is 0 Å². The van der Waals surface area contributed by atoms with Crippen molar-refractivity contribution in [3.63, 3.8) is 0 Å². The van der Waals surface area contributed by atoms with E-state index in [0.29, 0.717) is 5.75 Å². The predicted molar refractivity (Wildman–Crippen MR) is 68.7 cm³/mol. The fourth-order valence-corrected chi connectivity index (χ4v) is 2.61. The largest absolute Gasteiger partial charge is 0.507 e. The van der Waals surface area contributed by atoms with Crippen LogP contribution in [0.3, 0.4) is 0 Å². The highest BCUT2D eigenvalue weighted by molar-refractivity contribution is 8.00. The molecule has 0 saturated carbocycles. The Morgan fingerprint density at radius 3 is 2.13 bits per heavy atom. The zero-order valence-electron chi connectivity index (χ0n) is 9.79. The topological polar surface area (TPSA) is 20.2 Å². The maximum absolute atomic E-state index is 9.21. The molecule has 0 aliphatic carbocycles. The second kappa shape index (κ2) is 6.06. The number of aromatic hydroxyl groups is 1. The lowest BCUT2D eigenvalue weighted by Crippen LogP contribution is -1.82. The number of rotatable bonds is 0. The van der Waals surface area contributed by atoms with Gasteiger partial charge in [-0.25, -0.2) is 0 Å². The Morgan fingerprint density at radius 2 is 1.87 bits per heavy atom. The fraction of sp³-hybridized carbons (Fsp3) is 0.538. The molecule has 0 amide bonds. The first-order chi connectivity index (χ1) is 7.11. The van der Waals surface area contributed by atoms with Gasteiger partial charge in [0.05, 0.1) is 0 Å². The van der Waals surface area contributed by atoms with Crippen LogP contribution in [0.15, 0.2) is 18.2 Å². The highest BCUT2D eigenvalue weighted by Crippen LogP contribution is 2.24. The second-order valence-electron chi connectivity index (χ2n) is 4.06. The van der Waals surface area contributed by atoms with E-state index in [4.69, 9.17) is 0 Å². The normalized spacial score (nSPS) is 19.5. The molecule has 1 atom stereocenters. The fourth-order valence-electron chi connectivity index (χ4n) is 1.54. The molecule has 1 heterocycles. The van der Waals surface area contributed by atoms with E-state index >= 15 is 0 Å². The summed E-state index contributed by atoms with van der Waals surface area (Å²) in [4.78, 5) is 0. The number of benzene rings is 1. The van der Waals surface area contributed by atoms with E-state index in [0.717, 1.165) is 16.4 Å². The Kier molecular flexibility index (Phi) is 5.03. The molecular weight excluding hydrogens is 204 g/mol. The number of para-hydroxylation sites is 1. The van der Waals surface area contributed by atoms with Gasteiger partial charge < -0.3 is 5.11 Å². The molecule has 0 spiro atoms. The maximum Gasteiger partial charge on any atom is 0.121 e. The second-order valence-corrected chi connectivity index (χ2v) is 5.61. The molecule has 2 rings (SSSR count). The Balaban J connectivity index is 0.000000162. The molecule has 1 nitrogen and oxygen atoms in total. The third kappa shape index (κ3) is 4.17. The van der Waals surface area contributed by atoms with Crippen LogP contribution in [0.2, 0.25) is 0 Å². The lowest BCUT2D eigenvalue weighted by Gasteiger charge is -1.99. The van der Waals surface area contributed by atoms with E-state index < -0.39 is 0 Å². The van der Waals surface area contributed by atoms with Gasteiger partial charge in [-0.05, 0) is 43.6 Å². The van der Waals surface area contributed by atoms with E-state index in [1.54, 1.807) is 0 Å². The summed E-state index contributed by atoms with van der Waals surface area (Å²) in [6.45, 7) is 6.09. The smallest absolute Gasteiger partial charge is 0.121 e. The molecule has 0 radical (unpaired) electrons. The molecule has 1 aliphatic rings. The van der Waals surface area contributed by atoms with Gasteiger partial charge in [-0.3, -0.25) is 0 Å². The molecule has 1 aliphatic heterocycles. The van der Waals surface area contributed by atoms with Crippen LogP contribution >= 0.6 is 11.8 Å². The van der Waals surface area contributed by atoms with Gasteiger partial charge in [-0.1, -0.05) is 25.1 Å². The van der Waals surface area contributed by atoms with Crippen molar-refractivity contribution in [3.8, 4) is 5.75 Å². The highest BCUT2D eigenvalue weighted by Gasteiger charge is 2.07. The van der Waals surface area contributed by atoms with Crippen molar-refractivity contribution < 1.29 is 5.11 Å². The summed E-state index contributed by atoms with van der Waals surface area (Å²) in [5, 5.41) is 10.2. The highest BCUT2D eigenvalue weighted by atomic mass is 32.2. The van der Waals surface area contributed by atoms with E-state index in [1.807, 2.05) is 32.0 Å². The van der Waals surface area contributed by atoms with Crippen LogP contribution in [0.25, 0.3) is 0 Å². The molecular formula is C13H20OS. The molecule has 1 saturated heterocycles. The average Bonchev–Trinajstić information content (AvgIpc) is 2.66. The summed E-state index contributed by atoms with van der Waals surface area (Å²) in [5.41, 5.74) is 1.88. The Hall–Kier alpha value is -0.630. The third-order valence-electron chi connectivity index (χ3n) is 2.60. The lowest BCUT2D eigenvalue weighted by atomic mass is 10.1. The molecule has 0 bridgehead atoms. The molecule has 1 N–H and O–H groups in total. The van der Waals surface area contributed by atoms with Crippen molar-refractivity contribution in [2.24, 2.45) is 0 Å². The molecule has 1 fully saturated rings. The summed E-state index contributed by atoms with van der Waals surface area (Å²) in [5.74, 6) is 1.82. The van der Waals surface area contributed by atoms with Crippen molar-refractivity contribution >= 4 is 11.8 Å². The SMILES string of the molecule is CC1CCCS1.Cc1cccc(C)c1O. The first-order valence-electron chi connectivity index (χ1n) is 5.48. The summed E-state index contributed by atoms with van der Waals surface area (Å²) < 4.78 is 0. The van der Waals surface area contributed by atoms with Crippen LogP contribution in [-0.4, -0.2) is 16.1 Å². The summed E-state index contributed by atoms with van der Waals surface area (Å²) in [6.07, 6.45) is 2.90. The Labute approximate surface area is 96.9 Å². The summed E-state index contributed by atoms with van der Waals surface area (Å²) in [7, 11) is 0.